The van der Waals surface area contributed by atoms with Gasteiger partial charge in [-0.05, 0) is 46.4 Å². The molecule has 0 aliphatic carbocycles. The van der Waals surface area contributed by atoms with Crippen LogP contribution in [0, 0.1) is 14.9 Å². The molecule has 1 aliphatic rings. The van der Waals surface area contributed by atoms with E-state index in [2.05, 4.69) is 27.9 Å². The summed E-state index contributed by atoms with van der Waals surface area (Å²) in [6.07, 6.45) is 2.73. The van der Waals surface area contributed by atoms with Gasteiger partial charge in [-0.1, -0.05) is 12.1 Å². The van der Waals surface area contributed by atoms with Crippen LogP contribution in [0.1, 0.15) is 22.3 Å². The Bertz CT molecular complexity index is 938. The normalized spacial score (nSPS) is 17.9. The van der Waals surface area contributed by atoms with Gasteiger partial charge in [0, 0.05) is 28.9 Å². The van der Waals surface area contributed by atoms with E-state index in [9.17, 15) is 18.4 Å². The molecular formula is C19H17F2IN4O2. The van der Waals surface area contributed by atoms with Crippen molar-refractivity contribution in [2.45, 2.75) is 24.9 Å². The minimum atomic E-state index is -3.08. The van der Waals surface area contributed by atoms with Crippen molar-refractivity contribution in [3.05, 3.63) is 57.4 Å². The average molecular weight is 498 g/mol. The Balaban J connectivity index is 1.56. The summed E-state index contributed by atoms with van der Waals surface area (Å²) in [4.78, 5) is 25.2. The monoisotopic (exact) mass is 498 g/mol. The number of nitrogens with zero attached hydrogens (tertiary/aromatic N) is 3. The Morgan fingerprint density at radius 2 is 2.14 bits per heavy atom. The molecule has 2 amide bonds. The van der Waals surface area contributed by atoms with Crippen LogP contribution in [-0.2, 0) is 11.3 Å². The van der Waals surface area contributed by atoms with Gasteiger partial charge < -0.3 is 14.8 Å². The van der Waals surface area contributed by atoms with E-state index in [1.807, 2.05) is 28.8 Å². The predicted octanol–water partition coefficient (Wildman–Crippen LogP) is 2.63. The fourth-order valence-electron chi connectivity index (χ4n) is 3.07. The van der Waals surface area contributed by atoms with Crippen molar-refractivity contribution < 1.29 is 18.4 Å². The molecule has 1 fully saturated rings. The van der Waals surface area contributed by atoms with Gasteiger partial charge in [-0.15, -0.1) is 0 Å². The van der Waals surface area contributed by atoms with Gasteiger partial charge in [0.25, 0.3) is 11.8 Å². The van der Waals surface area contributed by atoms with Crippen LogP contribution in [0.4, 0.5) is 8.78 Å². The van der Waals surface area contributed by atoms with Crippen LogP contribution in [0.3, 0.4) is 0 Å². The van der Waals surface area contributed by atoms with Crippen LogP contribution in [0.15, 0.2) is 42.7 Å². The second kappa shape index (κ2) is 8.26. The Morgan fingerprint density at radius 3 is 2.86 bits per heavy atom. The van der Waals surface area contributed by atoms with E-state index < -0.39 is 43.3 Å². The molecule has 1 atom stereocenters. The summed E-state index contributed by atoms with van der Waals surface area (Å²) in [5, 5.41) is 11.4. The van der Waals surface area contributed by atoms with E-state index >= 15 is 0 Å². The number of hydrogen-bond donors (Lipinski definition) is 1. The third-order valence-corrected chi connectivity index (χ3v) is 5.08. The standard InChI is InChI=1S/C19H17F2IN4O2/c20-19(21)7-16(8-23)26(12-19)17(27)9-24-18(28)14-4-5-25(11-14)10-13-2-1-3-15(22)6-13/h1-6,11,16H,7,9-10,12H2,(H,24,28)/t16-/m0/s1. The van der Waals surface area contributed by atoms with Gasteiger partial charge in [-0.3, -0.25) is 9.59 Å². The minimum absolute atomic E-state index is 0.363. The highest BCUT2D eigenvalue weighted by Gasteiger charge is 2.47. The van der Waals surface area contributed by atoms with Crippen molar-refractivity contribution in [3.8, 4) is 6.07 Å². The SMILES string of the molecule is N#C[C@@H]1CC(F)(F)CN1C(=O)CNC(=O)c1ccn(Cc2cccc(I)c2)c1. The number of alkyl halides is 2. The Kier molecular flexibility index (Phi) is 5.98. The zero-order valence-electron chi connectivity index (χ0n) is 14.7. The fraction of sp³-hybridized carbons (Fsp3) is 0.316. The molecule has 0 bridgehead atoms. The lowest BCUT2D eigenvalue weighted by molar-refractivity contribution is -0.131. The van der Waals surface area contributed by atoms with E-state index in [0.717, 1.165) is 14.0 Å². The summed E-state index contributed by atoms with van der Waals surface area (Å²) in [5.41, 5.74) is 1.45. The molecule has 2 heterocycles. The van der Waals surface area contributed by atoms with Crippen LogP contribution in [0.25, 0.3) is 0 Å². The van der Waals surface area contributed by atoms with Crippen LogP contribution in [0.5, 0.6) is 0 Å². The van der Waals surface area contributed by atoms with Gasteiger partial charge >= 0.3 is 0 Å². The molecule has 1 N–H and O–H groups in total. The number of nitriles is 1. The quantitative estimate of drug-likeness (QED) is 0.645. The lowest BCUT2D eigenvalue weighted by atomic mass is 10.2. The lowest BCUT2D eigenvalue weighted by Gasteiger charge is -2.19. The first-order valence-corrected chi connectivity index (χ1v) is 9.60. The van der Waals surface area contributed by atoms with E-state index in [0.29, 0.717) is 12.1 Å². The summed E-state index contributed by atoms with van der Waals surface area (Å²) >= 11 is 2.23. The number of hydrogen-bond acceptors (Lipinski definition) is 3. The average Bonchev–Trinajstić information content (AvgIpc) is 3.23. The van der Waals surface area contributed by atoms with Crippen LogP contribution < -0.4 is 5.32 Å². The fourth-order valence-corrected chi connectivity index (χ4v) is 3.68. The third-order valence-electron chi connectivity index (χ3n) is 4.41. The van der Waals surface area contributed by atoms with Gasteiger partial charge in [0.2, 0.25) is 5.91 Å². The molecule has 1 aromatic heterocycles. The summed E-state index contributed by atoms with van der Waals surface area (Å²) in [6, 6.07) is 10.1. The van der Waals surface area contributed by atoms with E-state index in [4.69, 9.17) is 5.26 Å². The zero-order valence-corrected chi connectivity index (χ0v) is 16.9. The molecule has 146 valence electrons. The number of amides is 2. The van der Waals surface area contributed by atoms with Gasteiger partial charge in [0.1, 0.15) is 6.04 Å². The number of halogens is 3. The molecule has 0 unspecified atom stereocenters. The second-order valence-corrected chi connectivity index (χ2v) is 7.86. The van der Waals surface area contributed by atoms with Crippen LogP contribution >= 0.6 is 22.6 Å². The highest BCUT2D eigenvalue weighted by atomic mass is 127. The number of aromatic nitrogens is 1. The Morgan fingerprint density at radius 1 is 1.36 bits per heavy atom. The molecule has 1 aliphatic heterocycles. The Labute approximate surface area is 174 Å². The maximum Gasteiger partial charge on any atom is 0.268 e. The molecule has 9 heteroatoms. The topological polar surface area (TPSA) is 78.1 Å². The van der Waals surface area contributed by atoms with E-state index in [1.54, 1.807) is 24.5 Å². The van der Waals surface area contributed by atoms with Crippen molar-refractivity contribution in [3.63, 3.8) is 0 Å². The van der Waals surface area contributed by atoms with Gasteiger partial charge in [-0.2, -0.15) is 5.26 Å². The van der Waals surface area contributed by atoms with E-state index in [-0.39, 0.29) is 0 Å². The maximum atomic E-state index is 13.4. The van der Waals surface area contributed by atoms with Gasteiger partial charge in [-0.25, -0.2) is 8.78 Å². The summed E-state index contributed by atoms with van der Waals surface area (Å²) in [7, 11) is 0. The van der Waals surface area contributed by atoms with Crippen molar-refractivity contribution in [1.29, 1.82) is 5.26 Å². The summed E-state index contributed by atoms with van der Waals surface area (Å²) in [5.74, 6) is -4.25. The third kappa shape index (κ3) is 4.86. The highest BCUT2D eigenvalue weighted by Crippen LogP contribution is 2.31. The van der Waals surface area contributed by atoms with Gasteiger partial charge in [0.15, 0.2) is 0 Å². The second-order valence-electron chi connectivity index (χ2n) is 6.61. The number of likely N-dealkylation sites (tertiary alicyclic amines) is 1. The molecule has 0 radical (unpaired) electrons. The molecule has 28 heavy (non-hydrogen) atoms. The summed E-state index contributed by atoms with van der Waals surface area (Å²) in [6.45, 7) is -0.642. The molecule has 3 rings (SSSR count). The highest BCUT2D eigenvalue weighted by molar-refractivity contribution is 14.1. The molecule has 0 spiro atoms. The van der Waals surface area contributed by atoms with Crippen LogP contribution in [-0.4, -0.2) is 46.3 Å². The largest absolute Gasteiger partial charge is 0.349 e. The van der Waals surface area contributed by atoms with Crippen molar-refractivity contribution in [2.24, 2.45) is 0 Å². The zero-order chi connectivity index (χ0) is 20.3. The Hall–Kier alpha value is -2.48. The van der Waals surface area contributed by atoms with Gasteiger partial charge in [0.05, 0.1) is 24.7 Å². The molecular weight excluding hydrogens is 481 g/mol. The smallest absolute Gasteiger partial charge is 0.268 e. The molecule has 6 nitrogen and oxygen atoms in total. The van der Waals surface area contributed by atoms with Crippen molar-refractivity contribution >= 4 is 34.4 Å². The lowest BCUT2D eigenvalue weighted by Crippen LogP contribution is -2.42. The predicted molar refractivity (Wildman–Crippen MR) is 106 cm³/mol. The molecule has 0 saturated carbocycles. The first-order chi connectivity index (χ1) is 13.3. The first kappa shape index (κ1) is 20.3. The van der Waals surface area contributed by atoms with Crippen LogP contribution in [0.2, 0.25) is 0 Å². The molecule has 1 saturated heterocycles. The van der Waals surface area contributed by atoms with Crippen molar-refractivity contribution in [1.82, 2.24) is 14.8 Å². The van der Waals surface area contributed by atoms with Crippen molar-refractivity contribution in [2.75, 3.05) is 13.1 Å². The molecule has 2 aromatic rings. The number of benzene rings is 1. The van der Waals surface area contributed by atoms with E-state index in [1.165, 1.54) is 0 Å². The minimum Gasteiger partial charge on any atom is -0.349 e. The summed E-state index contributed by atoms with van der Waals surface area (Å²) < 4.78 is 29.8. The number of rotatable bonds is 5. The first-order valence-electron chi connectivity index (χ1n) is 8.53. The maximum absolute atomic E-state index is 13.4. The number of nitrogens with one attached hydrogen (secondary N) is 1. The number of carbonyl (C=O) groups excluding carboxylic acids is 2. The molecule has 1 aromatic carbocycles. The number of carbonyl (C=O) groups is 2.